The summed E-state index contributed by atoms with van der Waals surface area (Å²) in [6.07, 6.45) is -0.423. The molecule has 0 aromatic rings. The van der Waals surface area contributed by atoms with Gasteiger partial charge in [0.2, 0.25) is 17.7 Å². The van der Waals surface area contributed by atoms with Gasteiger partial charge in [0.05, 0.1) is 18.6 Å². The van der Waals surface area contributed by atoms with Crippen LogP contribution >= 0.6 is 0 Å². The molecule has 0 aliphatic rings. The molecule has 0 rings (SSSR count). The lowest BCUT2D eigenvalue weighted by atomic mass is 9.95. The highest BCUT2D eigenvalue weighted by Gasteiger charge is 2.29. The van der Waals surface area contributed by atoms with Gasteiger partial charge in [0.1, 0.15) is 6.04 Å². The monoisotopic (exact) mass is 357 g/mol. The van der Waals surface area contributed by atoms with E-state index >= 15 is 0 Å². The minimum Gasteiger partial charge on any atom is -0.390 e. The van der Waals surface area contributed by atoms with E-state index in [1.165, 1.54) is 0 Å². The standard InChI is InChI=1S/C18H35N3O4/c1-10(2)7-13(14(22)9-15(19)23)20-18(25)17(12(5)6)21-16(24)8-11(3)4/h10-14,17,22H,7-9H2,1-6H3,(H2,19,23)(H,20,25)(H,21,24)/t13-,14?,17+/m0/s1. The van der Waals surface area contributed by atoms with Crippen LogP contribution in [-0.2, 0) is 14.4 Å². The van der Waals surface area contributed by atoms with Gasteiger partial charge in [0.25, 0.3) is 0 Å². The van der Waals surface area contributed by atoms with Gasteiger partial charge in [-0.2, -0.15) is 0 Å². The van der Waals surface area contributed by atoms with Crippen LogP contribution in [0.4, 0.5) is 0 Å². The van der Waals surface area contributed by atoms with Crippen molar-refractivity contribution < 1.29 is 19.5 Å². The van der Waals surface area contributed by atoms with E-state index in [0.29, 0.717) is 12.8 Å². The number of amides is 3. The highest BCUT2D eigenvalue weighted by atomic mass is 16.3. The van der Waals surface area contributed by atoms with Crippen LogP contribution in [0.2, 0.25) is 0 Å². The molecule has 3 atom stereocenters. The summed E-state index contributed by atoms with van der Waals surface area (Å²) in [5, 5.41) is 15.7. The number of nitrogens with one attached hydrogen (secondary N) is 2. The fourth-order valence-corrected chi connectivity index (χ4v) is 2.58. The lowest BCUT2D eigenvalue weighted by Crippen LogP contribution is -2.55. The first-order valence-electron chi connectivity index (χ1n) is 9.00. The summed E-state index contributed by atoms with van der Waals surface area (Å²) in [6, 6.07) is -1.29. The van der Waals surface area contributed by atoms with Crippen molar-refractivity contribution >= 4 is 17.7 Å². The Hall–Kier alpha value is -1.63. The van der Waals surface area contributed by atoms with E-state index in [4.69, 9.17) is 5.73 Å². The van der Waals surface area contributed by atoms with E-state index in [9.17, 15) is 19.5 Å². The molecule has 0 aromatic carbocycles. The van der Waals surface area contributed by atoms with Crippen LogP contribution in [0.1, 0.15) is 60.8 Å². The topological polar surface area (TPSA) is 122 Å². The van der Waals surface area contributed by atoms with Gasteiger partial charge < -0.3 is 21.5 Å². The number of rotatable bonds is 11. The van der Waals surface area contributed by atoms with Crippen molar-refractivity contribution in [3.8, 4) is 0 Å². The normalized spacial score (nSPS) is 15.1. The average Bonchev–Trinajstić information content (AvgIpc) is 2.41. The first kappa shape index (κ1) is 23.4. The van der Waals surface area contributed by atoms with Gasteiger partial charge in [-0.25, -0.2) is 0 Å². The van der Waals surface area contributed by atoms with Crippen molar-refractivity contribution in [3.05, 3.63) is 0 Å². The van der Waals surface area contributed by atoms with Gasteiger partial charge in [-0.05, 0) is 24.2 Å². The molecule has 0 spiro atoms. The Morgan fingerprint density at radius 3 is 1.88 bits per heavy atom. The molecule has 5 N–H and O–H groups in total. The van der Waals surface area contributed by atoms with Crippen LogP contribution in [0, 0.1) is 17.8 Å². The summed E-state index contributed by atoms with van der Waals surface area (Å²) >= 11 is 0. The minimum absolute atomic E-state index is 0.107. The molecule has 0 saturated heterocycles. The molecule has 0 saturated carbocycles. The van der Waals surface area contributed by atoms with Crippen molar-refractivity contribution in [2.75, 3.05) is 0 Å². The largest absolute Gasteiger partial charge is 0.390 e. The van der Waals surface area contributed by atoms with Gasteiger partial charge in [-0.15, -0.1) is 0 Å². The average molecular weight is 357 g/mol. The van der Waals surface area contributed by atoms with E-state index in [1.807, 2.05) is 41.5 Å². The van der Waals surface area contributed by atoms with Crippen molar-refractivity contribution in [1.29, 1.82) is 0 Å². The van der Waals surface area contributed by atoms with E-state index in [-0.39, 0.29) is 36.0 Å². The molecule has 0 heterocycles. The van der Waals surface area contributed by atoms with Crippen molar-refractivity contribution in [1.82, 2.24) is 10.6 Å². The van der Waals surface area contributed by atoms with Gasteiger partial charge >= 0.3 is 0 Å². The molecule has 0 aliphatic carbocycles. The zero-order valence-electron chi connectivity index (χ0n) is 16.3. The van der Waals surface area contributed by atoms with E-state index in [0.717, 1.165) is 0 Å². The highest BCUT2D eigenvalue weighted by molar-refractivity contribution is 5.88. The van der Waals surface area contributed by atoms with Crippen LogP contribution in [0.15, 0.2) is 0 Å². The molecular weight excluding hydrogens is 322 g/mol. The maximum absolute atomic E-state index is 12.6. The van der Waals surface area contributed by atoms with E-state index in [1.54, 1.807) is 0 Å². The third-order valence-corrected chi connectivity index (χ3v) is 3.79. The van der Waals surface area contributed by atoms with E-state index < -0.39 is 24.1 Å². The Morgan fingerprint density at radius 2 is 1.48 bits per heavy atom. The maximum Gasteiger partial charge on any atom is 0.243 e. The van der Waals surface area contributed by atoms with Gasteiger partial charge in [-0.1, -0.05) is 41.5 Å². The summed E-state index contributed by atoms with van der Waals surface area (Å²) in [5.74, 6) is -0.865. The lowest BCUT2D eigenvalue weighted by molar-refractivity contribution is -0.131. The fraction of sp³-hybridized carbons (Fsp3) is 0.833. The van der Waals surface area contributed by atoms with Gasteiger partial charge in [0, 0.05) is 6.42 Å². The maximum atomic E-state index is 12.6. The number of hydrogen-bond acceptors (Lipinski definition) is 4. The van der Waals surface area contributed by atoms with Gasteiger partial charge in [0.15, 0.2) is 0 Å². The Bertz CT molecular complexity index is 450. The number of aliphatic hydroxyl groups is 1. The molecule has 7 nitrogen and oxygen atoms in total. The molecule has 0 radical (unpaired) electrons. The predicted molar refractivity (Wildman–Crippen MR) is 97.4 cm³/mol. The fourth-order valence-electron chi connectivity index (χ4n) is 2.58. The minimum atomic E-state index is -1.05. The molecule has 0 fully saturated rings. The molecular formula is C18H35N3O4. The molecule has 0 aliphatic heterocycles. The Morgan fingerprint density at radius 1 is 0.920 bits per heavy atom. The first-order valence-corrected chi connectivity index (χ1v) is 9.00. The Kier molecular flexibility index (Phi) is 10.4. The number of carbonyl (C=O) groups excluding carboxylic acids is 3. The molecule has 7 heteroatoms. The molecule has 0 bridgehead atoms. The molecule has 1 unspecified atom stereocenters. The van der Waals surface area contributed by atoms with Crippen molar-refractivity contribution in [3.63, 3.8) is 0 Å². The summed E-state index contributed by atoms with van der Waals surface area (Å²) in [5.41, 5.74) is 5.14. The second-order valence-corrected chi connectivity index (χ2v) is 7.87. The summed E-state index contributed by atoms with van der Waals surface area (Å²) in [6.45, 7) is 11.5. The third-order valence-electron chi connectivity index (χ3n) is 3.79. The second kappa shape index (κ2) is 11.1. The number of hydrogen-bond donors (Lipinski definition) is 4. The van der Waals surface area contributed by atoms with Crippen LogP contribution in [0.25, 0.3) is 0 Å². The van der Waals surface area contributed by atoms with Crippen LogP contribution in [0.5, 0.6) is 0 Å². The van der Waals surface area contributed by atoms with Crippen LogP contribution in [-0.4, -0.2) is 41.0 Å². The predicted octanol–water partition coefficient (Wildman–Crippen LogP) is 0.941. The zero-order chi connectivity index (χ0) is 19.7. The number of carbonyl (C=O) groups is 3. The van der Waals surface area contributed by atoms with Crippen LogP contribution < -0.4 is 16.4 Å². The van der Waals surface area contributed by atoms with Crippen LogP contribution in [0.3, 0.4) is 0 Å². The molecule has 0 aromatic heterocycles. The SMILES string of the molecule is CC(C)CC(=O)N[C@@H](C(=O)N[C@@H](CC(C)C)C(O)CC(N)=O)C(C)C. The number of nitrogens with two attached hydrogens (primary N) is 1. The number of aliphatic hydroxyl groups excluding tert-OH is 1. The van der Waals surface area contributed by atoms with Gasteiger partial charge in [-0.3, -0.25) is 14.4 Å². The summed E-state index contributed by atoms with van der Waals surface area (Å²) in [4.78, 5) is 35.7. The smallest absolute Gasteiger partial charge is 0.243 e. The van der Waals surface area contributed by atoms with Crippen molar-refractivity contribution in [2.45, 2.75) is 79.0 Å². The zero-order valence-corrected chi connectivity index (χ0v) is 16.3. The highest BCUT2D eigenvalue weighted by Crippen LogP contribution is 2.13. The lowest BCUT2D eigenvalue weighted by Gasteiger charge is -2.29. The third kappa shape index (κ3) is 10.1. The molecule has 146 valence electrons. The number of primary amides is 1. The summed E-state index contributed by atoms with van der Waals surface area (Å²) < 4.78 is 0. The summed E-state index contributed by atoms with van der Waals surface area (Å²) in [7, 11) is 0. The quantitative estimate of drug-likeness (QED) is 0.439. The van der Waals surface area contributed by atoms with E-state index in [2.05, 4.69) is 10.6 Å². The van der Waals surface area contributed by atoms with Crippen molar-refractivity contribution in [2.24, 2.45) is 23.5 Å². The Balaban J connectivity index is 5.05. The molecule has 3 amide bonds. The molecule has 25 heavy (non-hydrogen) atoms. The second-order valence-electron chi connectivity index (χ2n) is 7.87. The first-order chi connectivity index (χ1) is 11.4. The Labute approximate surface area is 151 Å².